The Hall–Kier alpha value is -1.56. The molecule has 2 heterocycles. The Morgan fingerprint density at radius 2 is 2.44 bits per heavy atom. The van der Waals surface area contributed by atoms with Crippen molar-refractivity contribution >= 4 is 23.1 Å². The molecule has 0 aliphatic rings. The van der Waals surface area contributed by atoms with Gasteiger partial charge in [0.05, 0.1) is 0 Å². The molecule has 2 aromatic heterocycles. The summed E-state index contributed by atoms with van der Waals surface area (Å²) in [6.07, 6.45) is 1.45. The van der Waals surface area contributed by atoms with Gasteiger partial charge in [0.1, 0.15) is 12.1 Å². The van der Waals surface area contributed by atoms with Gasteiger partial charge in [0.25, 0.3) is 0 Å². The molecule has 7 heteroatoms. The van der Waals surface area contributed by atoms with E-state index in [9.17, 15) is 4.79 Å². The molecule has 0 amide bonds. The maximum Gasteiger partial charge on any atom is 0.348 e. The van der Waals surface area contributed by atoms with Gasteiger partial charge in [-0.3, -0.25) is 0 Å². The Kier molecular flexibility index (Phi) is 2.82. The van der Waals surface area contributed by atoms with Gasteiger partial charge in [0.2, 0.25) is 0 Å². The molecule has 0 fully saturated rings. The van der Waals surface area contributed by atoms with Crippen molar-refractivity contribution < 1.29 is 0 Å². The van der Waals surface area contributed by atoms with E-state index in [0.29, 0.717) is 12.2 Å². The highest BCUT2D eigenvalue weighted by molar-refractivity contribution is 6.20. The number of rotatable bonds is 3. The lowest BCUT2D eigenvalue weighted by Crippen LogP contribution is -2.25. The number of halogens is 1. The Morgan fingerprint density at radius 3 is 3.12 bits per heavy atom. The number of nitrogens with one attached hydrogen (secondary N) is 1. The molecule has 0 aromatic carbocycles. The van der Waals surface area contributed by atoms with Gasteiger partial charge < -0.3 is 4.90 Å². The van der Waals surface area contributed by atoms with Crippen molar-refractivity contribution in [2.24, 2.45) is 0 Å². The minimum atomic E-state index is -0.289. The van der Waals surface area contributed by atoms with Crippen molar-refractivity contribution in [2.45, 2.75) is 12.3 Å². The van der Waals surface area contributed by atoms with Crippen LogP contribution < -0.4 is 10.6 Å². The van der Waals surface area contributed by atoms with E-state index in [0.717, 1.165) is 5.82 Å². The fourth-order valence-electron chi connectivity index (χ4n) is 1.48. The van der Waals surface area contributed by atoms with E-state index < -0.39 is 0 Å². The van der Waals surface area contributed by atoms with Crippen molar-refractivity contribution in [3.05, 3.63) is 22.9 Å². The first-order chi connectivity index (χ1) is 7.58. The van der Waals surface area contributed by atoms with Crippen LogP contribution in [0.5, 0.6) is 0 Å². The lowest BCUT2D eigenvalue weighted by Gasteiger charge is -2.18. The molecular weight excluding hydrogens is 230 g/mol. The summed E-state index contributed by atoms with van der Waals surface area (Å²) in [4.78, 5) is 17.3. The van der Waals surface area contributed by atoms with Gasteiger partial charge in [-0.1, -0.05) is 0 Å². The molecule has 6 nitrogen and oxygen atoms in total. The maximum absolute atomic E-state index is 11.2. The van der Waals surface area contributed by atoms with Crippen molar-refractivity contribution in [3.8, 4) is 0 Å². The second-order valence-corrected chi connectivity index (χ2v) is 4.41. The van der Waals surface area contributed by atoms with Crippen LogP contribution in [0, 0.1) is 0 Å². The predicted molar refractivity (Wildman–Crippen MR) is 62.2 cm³/mol. The number of hydrogen-bond acceptors (Lipinski definition) is 4. The SMILES string of the molecule is CC(Cl)CN(C)c1cc2n[nH]c(=O)n2cn1. The van der Waals surface area contributed by atoms with Crippen molar-refractivity contribution in [3.63, 3.8) is 0 Å². The molecule has 16 heavy (non-hydrogen) atoms. The number of hydrogen-bond donors (Lipinski definition) is 1. The second-order valence-electron chi connectivity index (χ2n) is 3.67. The molecule has 0 spiro atoms. The summed E-state index contributed by atoms with van der Waals surface area (Å²) in [6.45, 7) is 2.59. The third kappa shape index (κ3) is 2.01. The van der Waals surface area contributed by atoms with Gasteiger partial charge in [0, 0.05) is 25.0 Å². The minimum absolute atomic E-state index is 0.0319. The first-order valence-electron chi connectivity index (χ1n) is 4.86. The van der Waals surface area contributed by atoms with E-state index in [2.05, 4.69) is 15.2 Å². The molecule has 1 unspecified atom stereocenters. The van der Waals surface area contributed by atoms with Crippen LogP contribution in [-0.2, 0) is 0 Å². The van der Waals surface area contributed by atoms with E-state index in [1.807, 2.05) is 18.9 Å². The summed E-state index contributed by atoms with van der Waals surface area (Å²) in [6, 6.07) is 1.73. The third-order valence-corrected chi connectivity index (χ3v) is 2.35. The molecule has 0 aliphatic carbocycles. The van der Waals surface area contributed by atoms with E-state index in [4.69, 9.17) is 11.6 Å². The summed E-state index contributed by atoms with van der Waals surface area (Å²) in [7, 11) is 1.89. The monoisotopic (exact) mass is 241 g/mol. The molecular formula is C9H12ClN5O. The summed E-state index contributed by atoms with van der Waals surface area (Å²) < 4.78 is 1.35. The van der Waals surface area contributed by atoms with Gasteiger partial charge in [-0.15, -0.1) is 11.6 Å². The Labute approximate surface area is 96.9 Å². The number of H-pyrrole nitrogens is 1. The summed E-state index contributed by atoms with van der Waals surface area (Å²) in [5.41, 5.74) is 0.256. The zero-order valence-corrected chi connectivity index (χ0v) is 9.77. The number of aromatic amines is 1. The van der Waals surface area contributed by atoms with E-state index in [-0.39, 0.29) is 11.1 Å². The molecule has 0 radical (unpaired) electrons. The van der Waals surface area contributed by atoms with Crippen LogP contribution in [-0.4, -0.2) is 38.6 Å². The summed E-state index contributed by atoms with van der Waals surface area (Å²) >= 11 is 5.90. The Morgan fingerprint density at radius 1 is 1.69 bits per heavy atom. The highest BCUT2D eigenvalue weighted by Crippen LogP contribution is 2.11. The zero-order chi connectivity index (χ0) is 11.7. The van der Waals surface area contributed by atoms with Gasteiger partial charge >= 0.3 is 5.69 Å². The first kappa shape index (κ1) is 10.9. The normalized spacial score (nSPS) is 12.9. The number of nitrogens with zero attached hydrogens (tertiary/aromatic N) is 4. The Balaban J connectivity index is 2.35. The van der Waals surface area contributed by atoms with Crippen molar-refractivity contribution in [1.82, 2.24) is 19.6 Å². The van der Waals surface area contributed by atoms with Crippen LogP contribution in [0.25, 0.3) is 5.65 Å². The second kappa shape index (κ2) is 4.13. The highest BCUT2D eigenvalue weighted by Gasteiger charge is 2.08. The highest BCUT2D eigenvalue weighted by atomic mass is 35.5. The molecule has 1 N–H and O–H groups in total. The lowest BCUT2D eigenvalue weighted by atomic mass is 10.4. The molecule has 0 aliphatic heterocycles. The van der Waals surface area contributed by atoms with Crippen LogP contribution in [0.15, 0.2) is 17.2 Å². The maximum atomic E-state index is 11.2. The summed E-state index contributed by atoms with van der Waals surface area (Å²) in [5, 5.41) is 6.25. The molecule has 1 atom stereocenters. The molecule has 0 bridgehead atoms. The standard InChI is InChI=1S/C9H12ClN5O/c1-6(10)4-14(2)7-3-8-12-13-9(16)15(8)5-11-7/h3,5-6H,4H2,1-2H3,(H,13,16). The van der Waals surface area contributed by atoms with E-state index in [1.165, 1.54) is 10.7 Å². The van der Waals surface area contributed by atoms with Crippen LogP contribution in [0.1, 0.15) is 6.92 Å². The van der Waals surface area contributed by atoms with E-state index >= 15 is 0 Å². The van der Waals surface area contributed by atoms with Crippen molar-refractivity contribution in [2.75, 3.05) is 18.5 Å². The van der Waals surface area contributed by atoms with Gasteiger partial charge in [-0.25, -0.2) is 19.3 Å². The smallest absolute Gasteiger partial charge is 0.348 e. The zero-order valence-electron chi connectivity index (χ0n) is 9.01. The number of aromatic nitrogens is 4. The van der Waals surface area contributed by atoms with Crippen LogP contribution in [0.4, 0.5) is 5.82 Å². The molecule has 86 valence electrons. The number of anilines is 1. The Bertz CT molecular complexity index is 546. The average Bonchev–Trinajstić information content (AvgIpc) is 2.59. The quantitative estimate of drug-likeness (QED) is 0.794. The lowest BCUT2D eigenvalue weighted by molar-refractivity contribution is 0.838. The molecule has 2 rings (SSSR count). The molecule has 0 saturated carbocycles. The largest absolute Gasteiger partial charge is 0.358 e. The van der Waals surface area contributed by atoms with E-state index in [1.54, 1.807) is 6.07 Å². The van der Waals surface area contributed by atoms with Crippen molar-refractivity contribution in [1.29, 1.82) is 0 Å². The van der Waals surface area contributed by atoms with Gasteiger partial charge in [0.15, 0.2) is 5.65 Å². The van der Waals surface area contributed by atoms with Crippen LogP contribution >= 0.6 is 11.6 Å². The molecule has 0 saturated heterocycles. The number of alkyl halides is 1. The minimum Gasteiger partial charge on any atom is -0.358 e. The van der Waals surface area contributed by atoms with Crippen LogP contribution in [0.2, 0.25) is 0 Å². The van der Waals surface area contributed by atoms with Gasteiger partial charge in [-0.05, 0) is 6.92 Å². The first-order valence-corrected chi connectivity index (χ1v) is 5.29. The third-order valence-electron chi connectivity index (χ3n) is 2.21. The fraction of sp³-hybridized carbons (Fsp3) is 0.444. The average molecular weight is 242 g/mol. The number of fused-ring (bicyclic) bond motifs is 1. The van der Waals surface area contributed by atoms with Crippen LogP contribution in [0.3, 0.4) is 0 Å². The summed E-state index contributed by atoms with van der Waals surface area (Å²) in [5.74, 6) is 0.735. The molecule has 2 aromatic rings. The predicted octanol–water partition coefficient (Wildman–Crippen LogP) is 0.481. The fourth-order valence-corrected chi connectivity index (χ4v) is 1.69. The topological polar surface area (TPSA) is 66.3 Å². The van der Waals surface area contributed by atoms with Gasteiger partial charge in [-0.2, -0.15) is 5.10 Å².